The maximum atomic E-state index is 11.7. The molecule has 0 bridgehead atoms. The summed E-state index contributed by atoms with van der Waals surface area (Å²) in [6.45, 7) is 0. The van der Waals surface area contributed by atoms with E-state index in [4.69, 9.17) is 0 Å². The highest BCUT2D eigenvalue weighted by atomic mass is 32.2. The van der Waals surface area contributed by atoms with Crippen molar-refractivity contribution in [2.75, 3.05) is 0 Å². The molecule has 2 aromatic heterocycles. The summed E-state index contributed by atoms with van der Waals surface area (Å²) in [4.78, 5) is 3.86. The first-order valence-corrected chi connectivity index (χ1v) is 6.74. The standard InChI is InChI=1S/C10H8N2O2S2/c13-16(14,10-4-2-6-15-10)12-8-9-3-1-5-11-7-9/h1-8H/b12-8-. The average Bonchev–Trinajstić information content (AvgIpc) is 2.82. The molecule has 2 heterocycles. The fourth-order valence-corrected chi connectivity index (χ4v) is 2.89. The van der Waals surface area contributed by atoms with Crippen LogP contribution in [0.15, 0.2) is 50.6 Å². The van der Waals surface area contributed by atoms with Crippen LogP contribution in [0.5, 0.6) is 0 Å². The molecule has 0 aliphatic carbocycles. The van der Waals surface area contributed by atoms with E-state index in [1.54, 1.807) is 36.0 Å². The van der Waals surface area contributed by atoms with Gasteiger partial charge < -0.3 is 0 Å². The second kappa shape index (κ2) is 4.54. The topological polar surface area (TPSA) is 59.4 Å². The Bertz CT molecular complexity index is 575. The first kappa shape index (κ1) is 11.0. The molecule has 0 N–H and O–H groups in total. The molecular weight excluding hydrogens is 244 g/mol. The Balaban J connectivity index is 2.26. The third-order valence-electron chi connectivity index (χ3n) is 1.77. The lowest BCUT2D eigenvalue weighted by Crippen LogP contribution is -1.94. The summed E-state index contributed by atoms with van der Waals surface area (Å²) in [5, 5.41) is 1.70. The van der Waals surface area contributed by atoms with Gasteiger partial charge in [-0.3, -0.25) is 4.98 Å². The minimum Gasteiger partial charge on any atom is -0.264 e. The van der Waals surface area contributed by atoms with Gasteiger partial charge in [0.15, 0.2) is 0 Å². The molecule has 0 fully saturated rings. The van der Waals surface area contributed by atoms with E-state index in [2.05, 4.69) is 9.38 Å². The van der Waals surface area contributed by atoms with Gasteiger partial charge in [-0.05, 0) is 17.5 Å². The van der Waals surface area contributed by atoms with Gasteiger partial charge >= 0.3 is 0 Å². The van der Waals surface area contributed by atoms with Gasteiger partial charge in [-0.2, -0.15) is 12.8 Å². The number of hydrogen-bond acceptors (Lipinski definition) is 4. The van der Waals surface area contributed by atoms with Gasteiger partial charge in [0, 0.05) is 24.2 Å². The number of sulfonamides is 1. The highest BCUT2D eigenvalue weighted by Gasteiger charge is 2.11. The molecular formula is C10H8N2O2S2. The maximum absolute atomic E-state index is 11.7. The Kier molecular flexibility index (Phi) is 3.12. The van der Waals surface area contributed by atoms with Gasteiger partial charge in [0.05, 0.1) is 0 Å². The fraction of sp³-hybridized carbons (Fsp3) is 0. The maximum Gasteiger partial charge on any atom is 0.291 e. The summed E-state index contributed by atoms with van der Waals surface area (Å²) in [6, 6.07) is 6.66. The lowest BCUT2D eigenvalue weighted by molar-refractivity contribution is 0.600. The molecule has 4 nitrogen and oxygen atoms in total. The Labute approximate surface area is 97.4 Å². The van der Waals surface area contributed by atoms with E-state index in [0.717, 1.165) is 11.3 Å². The molecule has 0 aliphatic rings. The van der Waals surface area contributed by atoms with Crippen LogP contribution < -0.4 is 0 Å². The van der Waals surface area contributed by atoms with E-state index in [-0.39, 0.29) is 4.21 Å². The van der Waals surface area contributed by atoms with Crippen molar-refractivity contribution in [3.8, 4) is 0 Å². The first-order chi connectivity index (χ1) is 7.68. The van der Waals surface area contributed by atoms with Crippen LogP contribution in [0.3, 0.4) is 0 Å². The van der Waals surface area contributed by atoms with Crippen molar-refractivity contribution in [2.45, 2.75) is 4.21 Å². The summed E-state index contributed by atoms with van der Waals surface area (Å²) in [6.07, 6.45) is 4.46. The highest BCUT2D eigenvalue weighted by molar-refractivity contribution is 7.92. The van der Waals surface area contributed by atoms with E-state index in [9.17, 15) is 8.42 Å². The van der Waals surface area contributed by atoms with Crippen molar-refractivity contribution >= 4 is 27.6 Å². The van der Waals surface area contributed by atoms with Gasteiger partial charge in [-0.25, -0.2) is 0 Å². The number of rotatable bonds is 3. The zero-order valence-electron chi connectivity index (χ0n) is 8.15. The van der Waals surface area contributed by atoms with Gasteiger partial charge in [0.25, 0.3) is 10.0 Å². The minimum atomic E-state index is -3.55. The molecule has 0 radical (unpaired) electrons. The molecule has 0 saturated heterocycles. The Morgan fingerprint density at radius 3 is 2.81 bits per heavy atom. The van der Waals surface area contributed by atoms with E-state index < -0.39 is 10.0 Å². The summed E-state index contributed by atoms with van der Waals surface area (Å²) in [5.74, 6) is 0. The molecule has 2 aromatic rings. The molecule has 0 aliphatic heterocycles. The molecule has 16 heavy (non-hydrogen) atoms. The number of thiophene rings is 1. The number of aromatic nitrogens is 1. The molecule has 0 spiro atoms. The number of hydrogen-bond donors (Lipinski definition) is 0. The Hall–Kier alpha value is -1.53. The van der Waals surface area contributed by atoms with Crippen molar-refractivity contribution in [3.05, 3.63) is 47.6 Å². The minimum absolute atomic E-state index is 0.243. The summed E-state index contributed by atoms with van der Waals surface area (Å²) < 4.78 is 27.1. The second-order valence-electron chi connectivity index (χ2n) is 2.93. The van der Waals surface area contributed by atoms with Crippen LogP contribution in [-0.2, 0) is 10.0 Å². The SMILES string of the molecule is O=S(=O)(/N=C\c1cccnc1)c1cccs1. The first-order valence-electron chi connectivity index (χ1n) is 4.42. The average molecular weight is 252 g/mol. The van der Waals surface area contributed by atoms with Gasteiger partial charge in [-0.1, -0.05) is 12.1 Å². The predicted octanol–water partition coefficient (Wildman–Crippen LogP) is 1.95. The predicted molar refractivity (Wildman–Crippen MR) is 63.3 cm³/mol. The molecule has 0 aromatic carbocycles. The highest BCUT2D eigenvalue weighted by Crippen LogP contribution is 2.17. The van der Waals surface area contributed by atoms with Crippen LogP contribution in [0.25, 0.3) is 0 Å². The molecule has 0 saturated carbocycles. The number of pyridine rings is 1. The van der Waals surface area contributed by atoms with Crippen LogP contribution in [0.1, 0.15) is 5.56 Å². The summed E-state index contributed by atoms with van der Waals surface area (Å²) >= 11 is 1.15. The second-order valence-corrected chi connectivity index (χ2v) is 5.73. The molecule has 2 rings (SSSR count). The molecule has 0 amide bonds. The normalized spacial score (nSPS) is 12.0. The van der Waals surface area contributed by atoms with Crippen LogP contribution in [0.2, 0.25) is 0 Å². The smallest absolute Gasteiger partial charge is 0.264 e. The van der Waals surface area contributed by atoms with Crippen molar-refractivity contribution < 1.29 is 8.42 Å². The van der Waals surface area contributed by atoms with Crippen molar-refractivity contribution in [1.29, 1.82) is 0 Å². The fourth-order valence-electron chi connectivity index (χ4n) is 1.04. The monoisotopic (exact) mass is 252 g/mol. The molecule has 82 valence electrons. The number of nitrogens with zero attached hydrogens (tertiary/aromatic N) is 2. The quantitative estimate of drug-likeness (QED) is 0.784. The lowest BCUT2D eigenvalue weighted by Gasteiger charge is -1.93. The lowest BCUT2D eigenvalue weighted by atomic mass is 10.3. The molecule has 0 atom stereocenters. The van der Waals surface area contributed by atoms with Crippen LogP contribution in [0, 0.1) is 0 Å². The van der Waals surface area contributed by atoms with Gasteiger partial charge in [0.1, 0.15) is 4.21 Å². The molecule has 0 unspecified atom stereocenters. The zero-order chi connectivity index (χ0) is 11.4. The van der Waals surface area contributed by atoms with Crippen LogP contribution in [-0.4, -0.2) is 19.6 Å². The van der Waals surface area contributed by atoms with Crippen LogP contribution >= 0.6 is 11.3 Å². The summed E-state index contributed by atoms with van der Waals surface area (Å²) in [5.41, 5.74) is 0.655. The Morgan fingerprint density at radius 2 is 2.19 bits per heavy atom. The van der Waals surface area contributed by atoms with Crippen molar-refractivity contribution in [2.24, 2.45) is 4.40 Å². The van der Waals surface area contributed by atoms with E-state index >= 15 is 0 Å². The van der Waals surface area contributed by atoms with Crippen LogP contribution in [0.4, 0.5) is 0 Å². The van der Waals surface area contributed by atoms with E-state index in [0.29, 0.717) is 5.56 Å². The van der Waals surface area contributed by atoms with Crippen molar-refractivity contribution in [1.82, 2.24) is 4.98 Å². The van der Waals surface area contributed by atoms with E-state index in [1.165, 1.54) is 12.3 Å². The van der Waals surface area contributed by atoms with Gasteiger partial charge in [0.2, 0.25) is 0 Å². The summed E-state index contributed by atoms with van der Waals surface area (Å²) in [7, 11) is -3.55. The van der Waals surface area contributed by atoms with Gasteiger partial charge in [-0.15, -0.1) is 11.3 Å². The van der Waals surface area contributed by atoms with E-state index in [1.807, 2.05) is 0 Å². The van der Waals surface area contributed by atoms with Crippen molar-refractivity contribution in [3.63, 3.8) is 0 Å². The zero-order valence-corrected chi connectivity index (χ0v) is 9.78. The largest absolute Gasteiger partial charge is 0.291 e. The molecule has 6 heteroatoms. The third-order valence-corrected chi connectivity index (χ3v) is 4.38. The third kappa shape index (κ3) is 2.53. The Morgan fingerprint density at radius 1 is 1.31 bits per heavy atom.